The zero-order valence-electron chi connectivity index (χ0n) is 21.2. The Morgan fingerprint density at radius 2 is 1.56 bits per heavy atom. The van der Waals surface area contributed by atoms with Crippen LogP contribution < -0.4 is 10.4 Å². The van der Waals surface area contributed by atoms with Crippen LogP contribution in [0.5, 0.6) is 0 Å². The maximum atomic E-state index is 7.07. The summed E-state index contributed by atoms with van der Waals surface area (Å²) in [5, 5.41) is 3.43. The van der Waals surface area contributed by atoms with E-state index in [9.17, 15) is 0 Å². The maximum absolute atomic E-state index is 7.07. The van der Waals surface area contributed by atoms with E-state index in [1.165, 1.54) is 10.4 Å². The van der Waals surface area contributed by atoms with Gasteiger partial charge in [-0.25, -0.2) is 0 Å². The SMILES string of the molecule is CC1(C)O[C@@H](CCO[Si](c2ccccc2)(c2ccccc2)C(C)(C)C)C[C@H](/C=C/C=C/CBr)O1. The quantitative estimate of drug-likeness (QED) is 0.209. The largest absolute Gasteiger partial charge is 0.407 e. The van der Waals surface area contributed by atoms with Crippen LogP contribution >= 0.6 is 15.9 Å². The van der Waals surface area contributed by atoms with Crippen molar-refractivity contribution in [3.8, 4) is 0 Å². The summed E-state index contributed by atoms with van der Waals surface area (Å²) in [4.78, 5) is 0. The molecular formula is C29H39BrO3Si. The van der Waals surface area contributed by atoms with Gasteiger partial charge >= 0.3 is 0 Å². The first-order valence-corrected chi connectivity index (χ1v) is 15.2. The highest BCUT2D eigenvalue weighted by atomic mass is 79.9. The first kappa shape index (κ1) is 27.1. The average molecular weight is 544 g/mol. The third-order valence-corrected chi connectivity index (χ3v) is 11.6. The van der Waals surface area contributed by atoms with Crippen LogP contribution in [0.25, 0.3) is 0 Å². The Kier molecular flexibility index (Phi) is 9.53. The lowest BCUT2D eigenvalue weighted by Crippen LogP contribution is -2.66. The molecule has 0 amide bonds. The van der Waals surface area contributed by atoms with Gasteiger partial charge in [0.1, 0.15) is 0 Å². The molecule has 2 atom stereocenters. The number of allylic oxidation sites excluding steroid dienone is 3. The first-order chi connectivity index (χ1) is 16.2. The summed E-state index contributed by atoms with van der Waals surface area (Å²) in [6, 6.07) is 21.6. The third kappa shape index (κ3) is 6.79. The van der Waals surface area contributed by atoms with E-state index in [1.54, 1.807) is 0 Å². The molecule has 3 nitrogen and oxygen atoms in total. The van der Waals surface area contributed by atoms with Crippen LogP contribution in [-0.4, -0.2) is 38.2 Å². The van der Waals surface area contributed by atoms with E-state index >= 15 is 0 Å². The van der Waals surface area contributed by atoms with Crippen molar-refractivity contribution in [1.82, 2.24) is 0 Å². The number of alkyl halides is 1. The van der Waals surface area contributed by atoms with Gasteiger partial charge in [-0.2, -0.15) is 0 Å². The van der Waals surface area contributed by atoms with Crippen molar-refractivity contribution in [3.63, 3.8) is 0 Å². The molecule has 0 radical (unpaired) electrons. The van der Waals surface area contributed by atoms with Gasteiger partial charge in [-0.05, 0) is 35.7 Å². The van der Waals surface area contributed by atoms with Gasteiger partial charge in [-0.15, -0.1) is 0 Å². The molecule has 34 heavy (non-hydrogen) atoms. The molecule has 3 rings (SSSR count). The molecule has 1 aliphatic heterocycles. The monoisotopic (exact) mass is 542 g/mol. The molecule has 1 saturated heterocycles. The Bertz CT molecular complexity index is 895. The topological polar surface area (TPSA) is 27.7 Å². The van der Waals surface area contributed by atoms with Crippen molar-refractivity contribution in [3.05, 3.63) is 85.0 Å². The lowest BCUT2D eigenvalue weighted by molar-refractivity contribution is -0.291. The highest BCUT2D eigenvalue weighted by Gasteiger charge is 2.50. The van der Waals surface area contributed by atoms with Crippen molar-refractivity contribution in [2.75, 3.05) is 11.9 Å². The Hall–Kier alpha value is -1.50. The average Bonchev–Trinajstić information content (AvgIpc) is 2.79. The number of halogens is 1. The third-order valence-electron chi connectivity index (χ3n) is 6.22. The minimum Gasteiger partial charge on any atom is -0.407 e. The summed E-state index contributed by atoms with van der Waals surface area (Å²) in [5.41, 5.74) is 0. The molecule has 184 valence electrons. The second-order valence-corrected chi connectivity index (χ2v) is 15.3. The molecule has 0 spiro atoms. The summed E-state index contributed by atoms with van der Waals surface area (Å²) >= 11 is 3.41. The van der Waals surface area contributed by atoms with Crippen LogP contribution in [0, 0.1) is 0 Å². The van der Waals surface area contributed by atoms with E-state index in [-0.39, 0.29) is 17.2 Å². The lowest BCUT2D eigenvalue weighted by Gasteiger charge is -2.44. The van der Waals surface area contributed by atoms with Crippen LogP contribution in [0.4, 0.5) is 0 Å². The van der Waals surface area contributed by atoms with E-state index in [0.717, 1.165) is 18.2 Å². The predicted octanol–water partition coefficient (Wildman–Crippen LogP) is 6.37. The fraction of sp³-hybridized carbons (Fsp3) is 0.448. The Balaban J connectivity index is 1.81. The highest BCUT2D eigenvalue weighted by molar-refractivity contribution is 9.09. The van der Waals surface area contributed by atoms with Crippen molar-refractivity contribution in [1.29, 1.82) is 0 Å². The van der Waals surface area contributed by atoms with Gasteiger partial charge in [0.05, 0.1) is 12.2 Å². The van der Waals surface area contributed by atoms with E-state index in [0.29, 0.717) is 6.61 Å². The van der Waals surface area contributed by atoms with Gasteiger partial charge < -0.3 is 13.9 Å². The van der Waals surface area contributed by atoms with E-state index in [2.05, 4.69) is 116 Å². The predicted molar refractivity (Wildman–Crippen MR) is 149 cm³/mol. The van der Waals surface area contributed by atoms with Crippen LogP contribution in [0.2, 0.25) is 5.04 Å². The second kappa shape index (κ2) is 12.0. The molecule has 1 heterocycles. The van der Waals surface area contributed by atoms with E-state index in [1.807, 2.05) is 19.9 Å². The fourth-order valence-electron chi connectivity index (χ4n) is 4.87. The molecule has 0 N–H and O–H groups in total. The smallest absolute Gasteiger partial charge is 0.261 e. The summed E-state index contributed by atoms with van der Waals surface area (Å²) in [7, 11) is -2.53. The molecule has 0 aliphatic carbocycles. The zero-order valence-corrected chi connectivity index (χ0v) is 23.8. The molecule has 0 saturated carbocycles. The number of rotatable bonds is 9. The van der Waals surface area contributed by atoms with Crippen molar-refractivity contribution in [2.24, 2.45) is 0 Å². The van der Waals surface area contributed by atoms with Gasteiger partial charge in [-0.3, -0.25) is 0 Å². The minimum absolute atomic E-state index is 0.0292. The van der Waals surface area contributed by atoms with Crippen LogP contribution in [0.15, 0.2) is 85.0 Å². The molecular weight excluding hydrogens is 504 g/mol. The highest BCUT2D eigenvalue weighted by Crippen LogP contribution is 2.37. The van der Waals surface area contributed by atoms with Crippen LogP contribution in [0.3, 0.4) is 0 Å². The molecule has 2 aromatic carbocycles. The molecule has 0 unspecified atom stereocenters. The zero-order chi connectivity index (χ0) is 24.7. The number of hydrogen-bond donors (Lipinski definition) is 0. The van der Waals surface area contributed by atoms with E-state index in [4.69, 9.17) is 13.9 Å². The Morgan fingerprint density at radius 1 is 0.971 bits per heavy atom. The van der Waals surface area contributed by atoms with Gasteiger partial charge in [0.2, 0.25) is 0 Å². The van der Waals surface area contributed by atoms with Gasteiger partial charge in [0, 0.05) is 18.4 Å². The van der Waals surface area contributed by atoms with Gasteiger partial charge in [0.15, 0.2) is 5.79 Å². The molecule has 5 heteroatoms. The summed E-state index contributed by atoms with van der Waals surface area (Å²) in [5.74, 6) is -0.617. The molecule has 1 fully saturated rings. The first-order valence-electron chi connectivity index (χ1n) is 12.2. The van der Waals surface area contributed by atoms with E-state index < -0.39 is 14.1 Å². The van der Waals surface area contributed by atoms with Crippen LogP contribution in [-0.2, 0) is 13.9 Å². The van der Waals surface area contributed by atoms with Crippen molar-refractivity contribution >= 4 is 34.6 Å². The number of benzene rings is 2. The minimum atomic E-state index is -2.53. The summed E-state index contributed by atoms with van der Waals surface area (Å²) < 4.78 is 19.5. The Morgan fingerprint density at radius 3 is 2.09 bits per heavy atom. The number of hydrogen-bond acceptors (Lipinski definition) is 3. The lowest BCUT2D eigenvalue weighted by atomic mass is 10.1. The fourth-order valence-corrected chi connectivity index (χ4v) is 9.66. The van der Waals surface area contributed by atoms with Gasteiger partial charge in [0.25, 0.3) is 8.32 Å². The normalized spacial score (nSPS) is 21.4. The van der Waals surface area contributed by atoms with Gasteiger partial charge in [-0.1, -0.05) is 122 Å². The van der Waals surface area contributed by atoms with Crippen LogP contribution in [0.1, 0.15) is 47.5 Å². The van der Waals surface area contributed by atoms with Crippen molar-refractivity contribution < 1.29 is 13.9 Å². The molecule has 2 aromatic rings. The molecule has 0 bridgehead atoms. The molecule has 1 aliphatic rings. The maximum Gasteiger partial charge on any atom is 0.261 e. The Labute approximate surface area is 215 Å². The summed E-state index contributed by atoms with van der Waals surface area (Å²) in [6.45, 7) is 11.6. The molecule has 0 aromatic heterocycles. The second-order valence-electron chi connectivity index (χ2n) is 10.3. The summed E-state index contributed by atoms with van der Waals surface area (Å²) in [6.07, 6.45) is 10.1. The number of ether oxygens (including phenoxy) is 2. The standard InChI is InChI=1S/C29H39BrO3Si/c1-28(2,3)34(26-16-10-6-11-17-26,27-18-12-7-13-19-27)31-22-20-25-23-24(15-9-8-14-21-30)32-29(4,5)33-25/h6-19,24-25H,20-23H2,1-5H3/b14-8+,15-9+/t24-,25-/m0/s1. The van der Waals surface area contributed by atoms with Crippen molar-refractivity contribution in [2.45, 2.75) is 70.5 Å².